The molecule has 2 nitrogen and oxygen atoms in total. The van der Waals surface area contributed by atoms with E-state index in [0.29, 0.717) is 21.8 Å². The van der Waals surface area contributed by atoms with E-state index in [2.05, 4.69) is 0 Å². The van der Waals surface area contributed by atoms with Crippen molar-refractivity contribution in [3.8, 4) is 11.8 Å². The zero-order valence-electron chi connectivity index (χ0n) is 13.5. The summed E-state index contributed by atoms with van der Waals surface area (Å²) in [5, 5.41) is 9.53. The van der Waals surface area contributed by atoms with Crippen LogP contribution in [-0.4, -0.2) is 4.57 Å². The Balaban J connectivity index is 2.18. The first kappa shape index (κ1) is 17.0. The third-order valence-corrected chi connectivity index (χ3v) is 4.36. The number of rotatable bonds is 1. The van der Waals surface area contributed by atoms with Gasteiger partial charge in [0.1, 0.15) is 11.6 Å². The van der Waals surface area contributed by atoms with E-state index in [0.717, 1.165) is 30.3 Å². The minimum absolute atomic E-state index is 0.135. The number of nitrogens with zero attached hydrogens (tertiary/aromatic N) is 2. The smallest absolute Gasteiger partial charge is 0.309 e. The first-order chi connectivity index (χ1) is 12.8. The van der Waals surface area contributed by atoms with Gasteiger partial charge in [0.05, 0.1) is 33.9 Å². The lowest BCUT2D eigenvalue weighted by molar-refractivity contribution is -0.137. The van der Waals surface area contributed by atoms with Crippen LogP contribution >= 0.6 is 0 Å². The summed E-state index contributed by atoms with van der Waals surface area (Å²) in [4.78, 5) is 0. The largest absolute Gasteiger partial charge is 0.418 e. The van der Waals surface area contributed by atoms with E-state index < -0.39 is 23.4 Å². The topological polar surface area (TPSA) is 28.7 Å². The number of nitriles is 1. The molecule has 0 fully saturated rings. The summed E-state index contributed by atoms with van der Waals surface area (Å²) in [7, 11) is 0. The van der Waals surface area contributed by atoms with Gasteiger partial charge in [-0.25, -0.2) is 8.78 Å². The Morgan fingerprint density at radius 2 is 1.33 bits per heavy atom. The number of halogens is 5. The van der Waals surface area contributed by atoms with E-state index in [1.165, 1.54) is 28.8 Å². The molecule has 0 aliphatic rings. The standard InChI is InChI=1S/C20H9F5N2/c21-12-2-5-17-14(8-12)15-9-13(22)3-6-18(15)27(17)19-4-1-11(10-26)7-16(19)20(23,24)25/h1-9H. The zero-order valence-corrected chi connectivity index (χ0v) is 13.5. The van der Waals surface area contributed by atoms with Crippen molar-refractivity contribution in [3.63, 3.8) is 0 Å². The molecule has 0 saturated heterocycles. The van der Waals surface area contributed by atoms with Crippen LogP contribution in [0.5, 0.6) is 0 Å². The molecule has 0 atom stereocenters. The summed E-state index contributed by atoms with van der Waals surface area (Å²) in [5.74, 6) is -1.16. The first-order valence-corrected chi connectivity index (χ1v) is 7.80. The van der Waals surface area contributed by atoms with Gasteiger partial charge in [0.15, 0.2) is 0 Å². The van der Waals surface area contributed by atoms with Crippen molar-refractivity contribution >= 4 is 21.8 Å². The van der Waals surface area contributed by atoms with Crippen molar-refractivity contribution in [2.75, 3.05) is 0 Å². The van der Waals surface area contributed by atoms with Gasteiger partial charge >= 0.3 is 6.18 Å². The second-order valence-electron chi connectivity index (χ2n) is 6.00. The Morgan fingerprint density at radius 1 is 0.778 bits per heavy atom. The summed E-state index contributed by atoms with van der Waals surface area (Å²) in [6.07, 6.45) is -4.72. The van der Waals surface area contributed by atoms with Gasteiger partial charge in [-0.05, 0) is 54.6 Å². The normalized spacial score (nSPS) is 11.9. The average molecular weight is 372 g/mol. The molecule has 0 amide bonds. The predicted octanol–water partition coefficient (Wildman–Crippen LogP) is 5.95. The molecule has 0 radical (unpaired) electrons. The number of fused-ring (bicyclic) bond motifs is 3. The average Bonchev–Trinajstić information content (AvgIpc) is 2.93. The third kappa shape index (κ3) is 2.70. The van der Waals surface area contributed by atoms with E-state index >= 15 is 0 Å². The predicted molar refractivity (Wildman–Crippen MR) is 90.4 cm³/mol. The molecule has 0 spiro atoms. The lowest BCUT2D eigenvalue weighted by Crippen LogP contribution is -2.11. The minimum atomic E-state index is -4.72. The van der Waals surface area contributed by atoms with Crippen LogP contribution in [0.15, 0.2) is 54.6 Å². The maximum Gasteiger partial charge on any atom is 0.418 e. The molecule has 1 aromatic heterocycles. The van der Waals surface area contributed by atoms with Crippen LogP contribution < -0.4 is 0 Å². The molecule has 3 aromatic carbocycles. The number of benzene rings is 3. The van der Waals surface area contributed by atoms with Crippen LogP contribution in [0.4, 0.5) is 22.0 Å². The van der Waals surface area contributed by atoms with Gasteiger partial charge in [-0.3, -0.25) is 0 Å². The second-order valence-corrected chi connectivity index (χ2v) is 6.00. The Bertz CT molecular complexity index is 1190. The van der Waals surface area contributed by atoms with Gasteiger partial charge in [0.25, 0.3) is 0 Å². The van der Waals surface area contributed by atoms with Crippen molar-refractivity contribution in [1.82, 2.24) is 4.57 Å². The molecule has 4 aromatic rings. The molecule has 0 aliphatic carbocycles. The van der Waals surface area contributed by atoms with E-state index in [4.69, 9.17) is 5.26 Å². The maximum atomic E-state index is 13.7. The highest BCUT2D eigenvalue weighted by Crippen LogP contribution is 2.39. The highest BCUT2D eigenvalue weighted by molar-refractivity contribution is 6.09. The lowest BCUT2D eigenvalue weighted by Gasteiger charge is -2.16. The minimum Gasteiger partial charge on any atom is -0.309 e. The molecule has 134 valence electrons. The van der Waals surface area contributed by atoms with Crippen LogP contribution in [0.3, 0.4) is 0 Å². The second kappa shape index (κ2) is 5.81. The van der Waals surface area contributed by atoms with Gasteiger partial charge in [0, 0.05) is 10.8 Å². The Morgan fingerprint density at radius 3 is 1.81 bits per heavy atom. The van der Waals surface area contributed by atoms with Crippen LogP contribution in [0.1, 0.15) is 11.1 Å². The molecule has 7 heteroatoms. The molecule has 27 heavy (non-hydrogen) atoms. The van der Waals surface area contributed by atoms with Crippen LogP contribution in [0.25, 0.3) is 27.5 Å². The Labute approximate surface area is 149 Å². The monoisotopic (exact) mass is 372 g/mol. The van der Waals surface area contributed by atoms with Crippen LogP contribution in [-0.2, 0) is 6.18 Å². The van der Waals surface area contributed by atoms with E-state index in [-0.39, 0.29) is 11.3 Å². The fourth-order valence-electron chi connectivity index (χ4n) is 3.25. The summed E-state index contributed by atoms with van der Waals surface area (Å²) in [5.41, 5.74) is -0.767. The summed E-state index contributed by atoms with van der Waals surface area (Å²) >= 11 is 0. The van der Waals surface area contributed by atoms with Gasteiger partial charge in [0.2, 0.25) is 0 Å². The fraction of sp³-hybridized carbons (Fsp3) is 0.0500. The van der Waals surface area contributed by atoms with Crippen LogP contribution in [0.2, 0.25) is 0 Å². The van der Waals surface area contributed by atoms with E-state index in [1.807, 2.05) is 0 Å². The molecular formula is C20H9F5N2. The van der Waals surface area contributed by atoms with Gasteiger partial charge in [-0.1, -0.05) is 0 Å². The molecule has 0 N–H and O–H groups in total. The number of hydrogen-bond donors (Lipinski definition) is 0. The SMILES string of the molecule is N#Cc1ccc(-n2c3ccc(F)cc3c3cc(F)ccc32)c(C(F)(F)F)c1. The zero-order chi connectivity index (χ0) is 19.3. The summed E-state index contributed by atoms with van der Waals surface area (Å²) in [6, 6.07) is 12.2. The third-order valence-electron chi connectivity index (χ3n) is 4.36. The fourth-order valence-corrected chi connectivity index (χ4v) is 3.25. The molecule has 4 rings (SSSR count). The summed E-state index contributed by atoms with van der Waals surface area (Å²) < 4.78 is 69.7. The molecule has 1 heterocycles. The van der Waals surface area contributed by atoms with Crippen molar-refractivity contribution < 1.29 is 22.0 Å². The molecule has 0 saturated carbocycles. The highest BCUT2D eigenvalue weighted by atomic mass is 19.4. The highest BCUT2D eigenvalue weighted by Gasteiger charge is 2.35. The Hall–Kier alpha value is -3.40. The van der Waals surface area contributed by atoms with Crippen molar-refractivity contribution in [1.29, 1.82) is 5.26 Å². The number of aromatic nitrogens is 1. The molecule has 0 unspecified atom stereocenters. The maximum absolute atomic E-state index is 13.7. The van der Waals surface area contributed by atoms with Gasteiger partial charge in [-0.2, -0.15) is 18.4 Å². The van der Waals surface area contributed by atoms with Crippen molar-refractivity contribution in [3.05, 3.63) is 77.4 Å². The van der Waals surface area contributed by atoms with Gasteiger partial charge < -0.3 is 4.57 Å². The molecular weight excluding hydrogens is 363 g/mol. The summed E-state index contributed by atoms with van der Waals surface area (Å²) in [6.45, 7) is 0. The Kier molecular flexibility index (Phi) is 3.67. The molecule has 0 aliphatic heterocycles. The van der Waals surface area contributed by atoms with E-state index in [9.17, 15) is 22.0 Å². The lowest BCUT2D eigenvalue weighted by atomic mass is 10.1. The van der Waals surface area contributed by atoms with Crippen molar-refractivity contribution in [2.45, 2.75) is 6.18 Å². The number of alkyl halides is 3. The number of hydrogen-bond acceptors (Lipinski definition) is 1. The van der Waals surface area contributed by atoms with Crippen molar-refractivity contribution in [2.24, 2.45) is 0 Å². The van der Waals surface area contributed by atoms with Crippen LogP contribution in [0, 0.1) is 23.0 Å². The van der Waals surface area contributed by atoms with Gasteiger partial charge in [-0.15, -0.1) is 0 Å². The molecule has 0 bridgehead atoms. The van der Waals surface area contributed by atoms with E-state index in [1.54, 1.807) is 6.07 Å². The first-order valence-electron chi connectivity index (χ1n) is 7.80. The quantitative estimate of drug-likeness (QED) is 0.380.